The molecule has 0 bridgehead atoms. The van der Waals surface area contributed by atoms with Gasteiger partial charge in [-0.05, 0) is 42.0 Å². The molecule has 7 nitrogen and oxygen atoms in total. The highest BCUT2D eigenvalue weighted by atomic mass is 79.9. The standard InChI is InChI=1S/C25H22BrClN2O5/c1-32-20-11-9-16(23(33-2)24(20)34-3)25(31)29-13-21(30)28-19-10-8-14(26)12-17(19)22(29)15-6-4-5-7-18(15)27/h4-12,22H,13H2,1-3H3,(H,28,30)/t22-/m0/s1. The highest BCUT2D eigenvalue weighted by Gasteiger charge is 2.36. The van der Waals surface area contributed by atoms with Crippen LogP contribution in [-0.2, 0) is 4.79 Å². The van der Waals surface area contributed by atoms with Gasteiger partial charge in [0.05, 0.1) is 32.9 Å². The van der Waals surface area contributed by atoms with Crippen molar-refractivity contribution in [2.75, 3.05) is 33.2 Å². The molecule has 0 aromatic heterocycles. The smallest absolute Gasteiger partial charge is 0.259 e. The van der Waals surface area contributed by atoms with Gasteiger partial charge in [-0.2, -0.15) is 0 Å². The van der Waals surface area contributed by atoms with Gasteiger partial charge in [0.1, 0.15) is 6.54 Å². The van der Waals surface area contributed by atoms with Gasteiger partial charge in [-0.1, -0.05) is 45.7 Å². The van der Waals surface area contributed by atoms with Gasteiger partial charge in [-0.25, -0.2) is 0 Å². The van der Waals surface area contributed by atoms with Crippen molar-refractivity contribution in [1.29, 1.82) is 0 Å². The fourth-order valence-corrected chi connectivity index (χ4v) is 4.74. The highest BCUT2D eigenvalue weighted by Crippen LogP contribution is 2.44. The second kappa shape index (κ2) is 9.95. The number of nitrogens with zero attached hydrogens (tertiary/aromatic N) is 1. The Labute approximate surface area is 210 Å². The zero-order chi connectivity index (χ0) is 24.4. The third kappa shape index (κ3) is 4.31. The van der Waals surface area contributed by atoms with E-state index in [1.54, 1.807) is 24.3 Å². The second-order valence-corrected chi connectivity index (χ2v) is 8.84. The van der Waals surface area contributed by atoms with Crippen molar-refractivity contribution in [1.82, 2.24) is 4.90 Å². The molecule has 0 radical (unpaired) electrons. The van der Waals surface area contributed by atoms with Crippen LogP contribution in [0.3, 0.4) is 0 Å². The van der Waals surface area contributed by atoms with Gasteiger partial charge >= 0.3 is 0 Å². The first-order valence-corrected chi connectivity index (χ1v) is 11.5. The van der Waals surface area contributed by atoms with E-state index in [2.05, 4.69) is 21.2 Å². The van der Waals surface area contributed by atoms with E-state index >= 15 is 0 Å². The third-order valence-electron chi connectivity index (χ3n) is 5.60. The van der Waals surface area contributed by atoms with E-state index in [0.29, 0.717) is 22.0 Å². The molecule has 0 unspecified atom stereocenters. The number of benzene rings is 3. The molecule has 34 heavy (non-hydrogen) atoms. The van der Waals surface area contributed by atoms with Crippen molar-refractivity contribution in [3.8, 4) is 17.2 Å². The van der Waals surface area contributed by atoms with Gasteiger partial charge in [0.25, 0.3) is 5.91 Å². The number of rotatable bonds is 5. The number of carbonyl (C=O) groups excluding carboxylic acids is 2. The van der Waals surface area contributed by atoms with E-state index in [1.165, 1.54) is 26.2 Å². The van der Waals surface area contributed by atoms with Crippen LogP contribution in [0.25, 0.3) is 0 Å². The van der Waals surface area contributed by atoms with Gasteiger partial charge in [0, 0.05) is 20.7 Å². The molecular weight excluding hydrogens is 524 g/mol. The lowest BCUT2D eigenvalue weighted by Gasteiger charge is -2.32. The van der Waals surface area contributed by atoms with E-state index in [4.69, 9.17) is 25.8 Å². The van der Waals surface area contributed by atoms with E-state index in [9.17, 15) is 9.59 Å². The summed E-state index contributed by atoms with van der Waals surface area (Å²) in [5.74, 6) is 0.162. The predicted octanol–water partition coefficient (Wildman–Crippen LogP) is 5.31. The molecule has 1 aliphatic rings. The summed E-state index contributed by atoms with van der Waals surface area (Å²) in [5, 5.41) is 3.38. The number of amides is 2. The molecule has 3 aromatic carbocycles. The summed E-state index contributed by atoms with van der Waals surface area (Å²) in [6.45, 7) is -0.196. The van der Waals surface area contributed by atoms with E-state index in [-0.39, 0.29) is 29.5 Å². The third-order valence-corrected chi connectivity index (χ3v) is 6.44. The van der Waals surface area contributed by atoms with Gasteiger partial charge in [0.15, 0.2) is 11.5 Å². The SMILES string of the molecule is COc1ccc(C(=O)N2CC(=O)Nc3ccc(Br)cc3[C@@H]2c2ccccc2Cl)c(OC)c1OC. The minimum absolute atomic E-state index is 0.196. The Bertz CT molecular complexity index is 1270. The molecule has 4 rings (SSSR count). The molecule has 0 saturated heterocycles. The number of methoxy groups -OCH3 is 3. The molecule has 1 N–H and O–H groups in total. The van der Waals surface area contributed by atoms with Gasteiger partial charge in [0.2, 0.25) is 11.7 Å². The fraction of sp³-hybridized carbons (Fsp3) is 0.200. The first kappa shape index (κ1) is 23.9. The molecule has 0 saturated carbocycles. The summed E-state index contributed by atoms with van der Waals surface area (Å²) >= 11 is 10.1. The van der Waals surface area contributed by atoms with Crippen molar-refractivity contribution in [3.63, 3.8) is 0 Å². The average Bonchev–Trinajstić information content (AvgIpc) is 2.98. The summed E-state index contributed by atoms with van der Waals surface area (Å²) < 4.78 is 17.2. The van der Waals surface area contributed by atoms with E-state index < -0.39 is 11.9 Å². The van der Waals surface area contributed by atoms with Crippen LogP contribution >= 0.6 is 27.5 Å². The largest absolute Gasteiger partial charge is 0.493 e. The molecule has 0 fully saturated rings. The molecule has 1 heterocycles. The summed E-state index contributed by atoms with van der Waals surface area (Å²) in [4.78, 5) is 28.4. The molecule has 1 aliphatic heterocycles. The van der Waals surface area contributed by atoms with Crippen molar-refractivity contribution in [2.45, 2.75) is 6.04 Å². The van der Waals surface area contributed by atoms with E-state index in [0.717, 1.165) is 10.0 Å². The first-order valence-electron chi connectivity index (χ1n) is 10.3. The number of anilines is 1. The molecule has 176 valence electrons. The predicted molar refractivity (Wildman–Crippen MR) is 133 cm³/mol. The lowest BCUT2D eigenvalue weighted by Crippen LogP contribution is -2.39. The topological polar surface area (TPSA) is 77.1 Å². The van der Waals surface area contributed by atoms with Crippen molar-refractivity contribution >= 4 is 45.0 Å². The normalized spacial score (nSPS) is 15.1. The monoisotopic (exact) mass is 544 g/mol. The van der Waals surface area contributed by atoms with Gasteiger partial charge in [-0.3, -0.25) is 9.59 Å². The van der Waals surface area contributed by atoms with Crippen LogP contribution in [0.15, 0.2) is 59.1 Å². The number of carbonyl (C=O) groups is 2. The van der Waals surface area contributed by atoms with Crippen LogP contribution in [0, 0.1) is 0 Å². The summed E-state index contributed by atoms with van der Waals surface area (Å²) in [6, 6.07) is 15.3. The average molecular weight is 546 g/mol. The molecule has 0 aliphatic carbocycles. The van der Waals surface area contributed by atoms with Crippen LogP contribution in [0.1, 0.15) is 27.5 Å². The maximum absolute atomic E-state index is 14.1. The van der Waals surface area contributed by atoms with Crippen LogP contribution < -0.4 is 19.5 Å². The second-order valence-electron chi connectivity index (χ2n) is 7.52. The zero-order valence-electron chi connectivity index (χ0n) is 18.7. The lowest BCUT2D eigenvalue weighted by atomic mass is 9.95. The van der Waals surface area contributed by atoms with E-state index in [1.807, 2.05) is 30.3 Å². The maximum atomic E-state index is 14.1. The fourth-order valence-electron chi connectivity index (χ4n) is 4.12. The Morgan fingerprint density at radius 1 is 1.00 bits per heavy atom. The van der Waals surface area contributed by atoms with Crippen molar-refractivity contribution < 1.29 is 23.8 Å². The molecule has 2 amide bonds. The maximum Gasteiger partial charge on any atom is 0.259 e. The highest BCUT2D eigenvalue weighted by molar-refractivity contribution is 9.10. The Balaban J connectivity index is 1.94. The van der Waals surface area contributed by atoms with Gasteiger partial charge in [-0.15, -0.1) is 0 Å². The van der Waals surface area contributed by atoms with Crippen LogP contribution in [0.2, 0.25) is 5.02 Å². The van der Waals surface area contributed by atoms with Gasteiger partial charge < -0.3 is 24.4 Å². The molecule has 0 spiro atoms. The van der Waals surface area contributed by atoms with Crippen LogP contribution in [0.4, 0.5) is 5.69 Å². The number of ether oxygens (including phenoxy) is 3. The number of nitrogens with one attached hydrogen (secondary N) is 1. The lowest BCUT2D eigenvalue weighted by molar-refractivity contribution is -0.117. The minimum atomic E-state index is -0.648. The number of halogens is 2. The Morgan fingerprint density at radius 3 is 2.41 bits per heavy atom. The quantitative estimate of drug-likeness (QED) is 0.470. The molecule has 9 heteroatoms. The minimum Gasteiger partial charge on any atom is -0.493 e. The van der Waals surface area contributed by atoms with Crippen molar-refractivity contribution in [3.05, 3.63) is 80.8 Å². The summed E-state index contributed by atoms with van der Waals surface area (Å²) in [5.41, 5.74) is 2.24. The van der Waals surface area contributed by atoms with Crippen LogP contribution in [0.5, 0.6) is 17.2 Å². The summed E-state index contributed by atoms with van der Waals surface area (Å²) in [7, 11) is 4.41. The zero-order valence-corrected chi connectivity index (χ0v) is 21.1. The Hall–Kier alpha value is -3.23. The summed E-state index contributed by atoms with van der Waals surface area (Å²) in [6.07, 6.45) is 0. The molecular formula is C25H22BrClN2O5. The molecule has 3 aromatic rings. The first-order chi connectivity index (χ1) is 16.4. The molecule has 1 atom stereocenters. The number of hydrogen-bond acceptors (Lipinski definition) is 5. The number of hydrogen-bond donors (Lipinski definition) is 1. The Kier molecular flexibility index (Phi) is 7.00. The number of fused-ring (bicyclic) bond motifs is 1. The Morgan fingerprint density at radius 2 is 1.74 bits per heavy atom. The van der Waals surface area contributed by atoms with Crippen molar-refractivity contribution in [2.24, 2.45) is 0 Å². The van der Waals surface area contributed by atoms with Crippen LogP contribution in [-0.4, -0.2) is 44.6 Å².